The van der Waals surface area contributed by atoms with Crippen LogP contribution < -0.4 is 5.73 Å². The Kier molecular flexibility index (Phi) is 3.20. The molecule has 0 aliphatic rings. The maximum Gasteiger partial charge on any atom is 0.194 e. The number of hydrogen-bond acceptors (Lipinski definition) is 3. The third-order valence-corrected chi connectivity index (χ3v) is 5.06. The number of nitrogen functional groups attached to an aromatic ring is 1. The molecule has 114 valence electrons. The first-order chi connectivity index (χ1) is 11.1. The van der Waals surface area contributed by atoms with Gasteiger partial charge in [-0.05, 0) is 48.7 Å². The molecule has 0 fully saturated rings. The number of aromatic nitrogens is 2. The van der Waals surface area contributed by atoms with Crippen LogP contribution in [-0.2, 0) is 0 Å². The predicted octanol–water partition coefficient (Wildman–Crippen LogP) is 4.93. The summed E-state index contributed by atoms with van der Waals surface area (Å²) in [5.41, 5.74) is 13.6. The fourth-order valence-electron chi connectivity index (χ4n) is 2.69. The first kappa shape index (κ1) is 14.0. The summed E-state index contributed by atoms with van der Waals surface area (Å²) >= 11 is 1.66. The lowest BCUT2D eigenvalue weighted by molar-refractivity contribution is 1.23. The molecule has 0 radical (unpaired) electrons. The van der Waals surface area contributed by atoms with Crippen molar-refractivity contribution < 1.29 is 0 Å². The molecule has 0 saturated carbocycles. The number of nitrogens with two attached hydrogens (primary N) is 1. The Hall–Kier alpha value is -2.59. The van der Waals surface area contributed by atoms with Gasteiger partial charge in [0.05, 0.1) is 11.4 Å². The quantitative estimate of drug-likeness (QED) is 0.532. The van der Waals surface area contributed by atoms with Crippen LogP contribution in [0.2, 0.25) is 0 Å². The summed E-state index contributed by atoms with van der Waals surface area (Å²) in [5, 5.41) is 2.17. The van der Waals surface area contributed by atoms with E-state index in [1.807, 2.05) is 24.3 Å². The van der Waals surface area contributed by atoms with Gasteiger partial charge in [0.2, 0.25) is 0 Å². The Labute approximate surface area is 139 Å². The number of fused-ring (bicyclic) bond motifs is 1. The van der Waals surface area contributed by atoms with Crippen molar-refractivity contribution >= 4 is 22.0 Å². The monoisotopic (exact) mass is 319 g/mol. The zero-order chi connectivity index (χ0) is 16.0. The van der Waals surface area contributed by atoms with Gasteiger partial charge in [0.25, 0.3) is 0 Å². The van der Waals surface area contributed by atoms with Gasteiger partial charge in [0, 0.05) is 22.8 Å². The van der Waals surface area contributed by atoms with Crippen molar-refractivity contribution in [3.05, 3.63) is 65.2 Å². The normalized spacial score (nSPS) is 11.2. The predicted molar refractivity (Wildman–Crippen MR) is 97.8 cm³/mol. The van der Waals surface area contributed by atoms with Gasteiger partial charge in [-0.25, -0.2) is 4.98 Å². The van der Waals surface area contributed by atoms with Gasteiger partial charge >= 0.3 is 0 Å². The molecule has 4 rings (SSSR count). The number of nitrogens with zero attached hydrogens (tertiary/aromatic N) is 2. The second kappa shape index (κ2) is 5.25. The van der Waals surface area contributed by atoms with E-state index in [2.05, 4.69) is 48.0 Å². The van der Waals surface area contributed by atoms with Crippen LogP contribution in [0.3, 0.4) is 0 Å². The van der Waals surface area contributed by atoms with Gasteiger partial charge in [0.1, 0.15) is 0 Å². The Morgan fingerprint density at radius 3 is 2.43 bits per heavy atom. The maximum atomic E-state index is 5.76. The minimum Gasteiger partial charge on any atom is -0.399 e. The number of hydrogen-bond donors (Lipinski definition) is 1. The lowest BCUT2D eigenvalue weighted by atomic mass is 10.0. The molecule has 0 aliphatic carbocycles. The molecular formula is C19H17N3S. The summed E-state index contributed by atoms with van der Waals surface area (Å²) in [6.07, 6.45) is 2.10. The fourth-order valence-corrected chi connectivity index (χ4v) is 3.57. The van der Waals surface area contributed by atoms with E-state index in [0.29, 0.717) is 0 Å². The van der Waals surface area contributed by atoms with Crippen molar-refractivity contribution in [2.75, 3.05) is 5.73 Å². The molecule has 0 amide bonds. The van der Waals surface area contributed by atoms with Crippen LogP contribution in [0.1, 0.15) is 11.1 Å². The van der Waals surface area contributed by atoms with E-state index < -0.39 is 0 Å². The van der Waals surface area contributed by atoms with Crippen LogP contribution in [0.25, 0.3) is 27.5 Å². The average Bonchev–Trinajstić information content (AvgIpc) is 3.11. The minimum atomic E-state index is 0.769. The molecule has 2 aromatic carbocycles. The van der Waals surface area contributed by atoms with E-state index in [-0.39, 0.29) is 0 Å². The largest absolute Gasteiger partial charge is 0.399 e. The molecule has 0 unspecified atom stereocenters. The van der Waals surface area contributed by atoms with Crippen LogP contribution in [-0.4, -0.2) is 9.38 Å². The van der Waals surface area contributed by atoms with Gasteiger partial charge in [-0.15, -0.1) is 11.3 Å². The molecule has 0 aliphatic heterocycles. The lowest BCUT2D eigenvalue weighted by Gasteiger charge is -2.04. The summed E-state index contributed by atoms with van der Waals surface area (Å²) in [4.78, 5) is 5.74. The van der Waals surface area contributed by atoms with E-state index >= 15 is 0 Å². The molecule has 2 aromatic heterocycles. The number of benzene rings is 2. The number of imidazole rings is 1. The van der Waals surface area contributed by atoms with E-state index in [4.69, 9.17) is 10.7 Å². The second-order valence-electron chi connectivity index (χ2n) is 5.82. The summed E-state index contributed by atoms with van der Waals surface area (Å²) in [6.45, 7) is 4.29. The van der Waals surface area contributed by atoms with E-state index in [1.165, 1.54) is 22.4 Å². The molecular weight excluding hydrogens is 302 g/mol. The van der Waals surface area contributed by atoms with Crippen molar-refractivity contribution in [1.82, 2.24) is 9.38 Å². The highest BCUT2D eigenvalue weighted by Gasteiger charge is 2.11. The Bertz CT molecular complexity index is 993. The topological polar surface area (TPSA) is 43.3 Å². The summed E-state index contributed by atoms with van der Waals surface area (Å²) in [6, 6.07) is 14.4. The number of anilines is 1. The third kappa shape index (κ3) is 2.41. The molecule has 23 heavy (non-hydrogen) atoms. The van der Waals surface area contributed by atoms with Crippen LogP contribution in [0, 0.1) is 13.8 Å². The van der Waals surface area contributed by atoms with Crippen molar-refractivity contribution in [1.29, 1.82) is 0 Å². The molecule has 0 bridgehead atoms. The number of aryl methyl sites for hydroxylation is 2. The molecule has 2 heterocycles. The molecule has 4 heteroatoms. The van der Waals surface area contributed by atoms with E-state index in [0.717, 1.165) is 21.9 Å². The van der Waals surface area contributed by atoms with Crippen molar-refractivity contribution in [2.45, 2.75) is 13.8 Å². The highest BCUT2D eigenvalue weighted by molar-refractivity contribution is 7.15. The third-order valence-electron chi connectivity index (χ3n) is 4.22. The zero-order valence-electron chi connectivity index (χ0n) is 13.1. The minimum absolute atomic E-state index is 0.769. The second-order valence-corrected chi connectivity index (χ2v) is 6.66. The molecule has 3 nitrogen and oxygen atoms in total. The van der Waals surface area contributed by atoms with Crippen LogP contribution in [0.5, 0.6) is 0 Å². The number of thiazole rings is 1. The van der Waals surface area contributed by atoms with Gasteiger partial charge < -0.3 is 5.73 Å². The number of rotatable bonds is 2. The Morgan fingerprint density at radius 2 is 1.70 bits per heavy atom. The summed E-state index contributed by atoms with van der Waals surface area (Å²) in [5.74, 6) is 0. The molecule has 0 atom stereocenters. The zero-order valence-corrected chi connectivity index (χ0v) is 13.9. The van der Waals surface area contributed by atoms with Gasteiger partial charge in [-0.2, -0.15) is 0 Å². The van der Waals surface area contributed by atoms with Crippen molar-refractivity contribution in [3.63, 3.8) is 0 Å². The van der Waals surface area contributed by atoms with Crippen molar-refractivity contribution in [3.8, 4) is 22.5 Å². The van der Waals surface area contributed by atoms with Crippen LogP contribution >= 0.6 is 11.3 Å². The average molecular weight is 319 g/mol. The lowest BCUT2D eigenvalue weighted by Crippen LogP contribution is -1.87. The highest BCUT2D eigenvalue weighted by atomic mass is 32.1. The Morgan fingerprint density at radius 1 is 0.957 bits per heavy atom. The smallest absolute Gasteiger partial charge is 0.194 e. The fraction of sp³-hybridized carbons (Fsp3) is 0.105. The highest BCUT2D eigenvalue weighted by Crippen LogP contribution is 2.30. The first-order valence-electron chi connectivity index (χ1n) is 7.52. The first-order valence-corrected chi connectivity index (χ1v) is 8.40. The summed E-state index contributed by atoms with van der Waals surface area (Å²) in [7, 11) is 0. The van der Waals surface area contributed by atoms with E-state index in [1.54, 1.807) is 11.3 Å². The SMILES string of the molecule is Cc1ccc(-c2csc3nc(-c4ccc(N)cc4)cn23)cc1C. The summed E-state index contributed by atoms with van der Waals surface area (Å²) < 4.78 is 2.17. The van der Waals surface area contributed by atoms with E-state index in [9.17, 15) is 0 Å². The maximum absolute atomic E-state index is 5.76. The molecule has 2 N–H and O–H groups in total. The standard InChI is InChI=1S/C19H17N3S/c1-12-3-4-15(9-13(12)2)18-11-23-19-21-17(10-22(18)19)14-5-7-16(20)8-6-14/h3-11H,20H2,1-2H3. The van der Waals surface area contributed by atoms with Gasteiger partial charge in [-0.1, -0.05) is 24.3 Å². The van der Waals surface area contributed by atoms with Crippen LogP contribution in [0.4, 0.5) is 5.69 Å². The van der Waals surface area contributed by atoms with Crippen molar-refractivity contribution in [2.24, 2.45) is 0 Å². The molecule has 0 saturated heterocycles. The Balaban J connectivity index is 1.83. The van der Waals surface area contributed by atoms with Gasteiger partial charge in [-0.3, -0.25) is 4.40 Å². The van der Waals surface area contributed by atoms with Gasteiger partial charge in [0.15, 0.2) is 4.96 Å². The molecule has 0 spiro atoms. The van der Waals surface area contributed by atoms with Crippen LogP contribution in [0.15, 0.2) is 54.0 Å². The molecule has 4 aromatic rings.